The molecule has 2 heterocycles. The van der Waals surface area contributed by atoms with Crippen LogP contribution < -0.4 is 0 Å². The number of carboxylic acid groups (broad SMARTS) is 1. The fourth-order valence-corrected chi connectivity index (χ4v) is 1.52. The Hall–Kier alpha value is -2.51. The molecule has 1 N–H and O–H groups in total. The Kier molecular flexibility index (Phi) is 3.16. The molecule has 2 aromatic rings. The second-order valence-corrected chi connectivity index (χ2v) is 5.06. The van der Waals surface area contributed by atoms with Crippen molar-refractivity contribution in [2.24, 2.45) is 0 Å². The van der Waals surface area contributed by atoms with Crippen LogP contribution in [0, 0.1) is 5.82 Å². The summed E-state index contributed by atoms with van der Waals surface area (Å²) in [6, 6.07) is 0.996. The number of aromatic nitrogens is 3. The van der Waals surface area contributed by atoms with Crippen LogP contribution in [0.1, 0.15) is 41.7 Å². The molecule has 0 radical (unpaired) electrons. The Morgan fingerprint density at radius 3 is 2.60 bits per heavy atom. The fraction of sp³-hybridized carbons (Fsp3) is 0.333. The SMILES string of the molecule is CC(C)(C)OC(=O)c1cc(C(=O)O)nc2c(F)cnn12. The van der Waals surface area contributed by atoms with Gasteiger partial charge in [0.25, 0.3) is 0 Å². The van der Waals surface area contributed by atoms with E-state index in [4.69, 9.17) is 9.84 Å². The number of nitrogens with zero attached hydrogens (tertiary/aromatic N) is 3. The highest BCUT2D eigenvalue weighted by Crippen LogP contribution is 2.16. The third-order valence-electron chi connectivity index (χ3n) is 2.26. The van der Waals surface area contributed by atoms with Crippen LogP contribution in [0.2, 0.25) is 0 Å². The molecular formula is C12H12FN3O4. The molecule has 0 saturated heterocycles. The van der Waals surface area contributed by atoms with Crippen molar-refractivity contribution in [2.75, 3.05) is 0 Å². The first-order valence-corrected chi connectivity index (χ1v) is 5.70. The van der Waals surface area contributed by atoms with Crippen LogP contribution in [0.3, 0.4) is 0 Å². The van der Waals surface area contributed by atoms with Gasteiger partial charge in [-0.2, -0.15) is 5.10 Å². The molecule has 7 nitrogen and oxygen atoms in total. The molecule has 2 rings (SSSR count). The van der Waals surface area contributed by atoms with E-state index in [1.807, 2.05) is 0 Å². The van der Waals surface area contributed by atoms with Crippen LogP contribution in [0.15, 0.2) is 12.3 Å². The van der Waals surface area contributed by atoms with Crippen molar-refractivity contribution in [3.63, 3.8) is 0 Å². The third-order valence-corrected chi connectivity index (χ3v) is 2.26. The zero-order valence-corrected chi connectivity index (χ0v) is 11.0. The summed E-state index contributed by atoms with van der Waals surface area (Å²) in [4.78, 5) is 26.6. The van der Waals surface area contributed by atoms with Gasteiger partial charge in [0.1, 0.15) is 5.60 Å². The van der Waals surface area contributed by atoms with E-state index < -0.39 is 29.1 Å². The summed E-state index contributed by atoms with van der Waals surface area (Å²) >= 11 is 0. The molecule has 0 unspecified atom stereocenters. The van der Waals surface area contributed by atoms with Crippen molar-refractivity contribution in [3.05, 3.63) is 29.5 Å². The second-order valence-electron chi connectivity index (χ2n) is 5.06. The number of hydrogen-bond donors (Lipinski definition) is 1. The summed E-state index contributed by atoms with van der Waals surface area (Å²) in [5.74, 6) is -3.01. The highest BCUT2D eigenvalue weighted by molar-refractivity contribution is 5.93. The Bertz CT molecular complexity index is 703. The zero-order chi connectivity index (χ0) is 15.1. The number of esters is 1. The smallest absolute Gasteiger partial charge is 0.357 e. The highest BCUT2D eigenvalue weighted by Gasteiger charge is 2.24. The Labute approximate surface area is 113 Å². The minimum Gasteiger partial charge on any atom is -0.477 e. The normalized spacial score (nSPS) is 11.6. The standard InChI is InChI=1S/C12H12FN3O4/c1-12(2,3)20-11(19)8-4-7(10(17)18)15-9-6(13)5-14-16(8)9/h4-5H,1-3H3,(H,17,18). The molecule has 0 aliphatic rings. The van der Waals surface area contributed by atoms with Gasteiger partial charge in [0.15, 0.2) is 22.9 Å². The summed E-state index contributed by atoms with van der Waals surface area (Å²) in [5, 5.41) is 12.6. The maximum absolute atomic E-state index is 13.5. The number of carbonyl (C=O) groups is 2. The molecule has 0 bridgehead atoms. The van der Waals surface area contributed by atoms with Gasteiger partial charge >= 0.3 is 11.9 Å². The first kappa shape index (κ1) is 13.9. The molecule has 0 aliphatic carbocycles. The van der Waals surface area contributed by atoms with Crippen molar-refractivity contribution in [1.29, 1.82) is 0 Å². The molecule has 0 amide bonds. The average Bonchev–Trinajstić information content (AvgIpc) is 2.68. The van der Waals surface area contributed by atoms with E-state index in [0.717, 1.165) is 16.8 Å². The molecule has 0 fully saturated rings. The predicted molar refractivity (Wildman–Crippen MR) is 65.1 cm³/mol. The van der Waals surface area contributed by atoms with Gasteiger partial charge in [0.2, 0.25) is 0 Å². The molecular weight excluding hydrogens is 269 g/mol. The Balaban J connectivity index is 2.62. The van der Waals surface area contributed by atoms with Crippen LogP contribution in [-0.2, 0) is 4.74 Å². The summed E-state index contributed by atoms with van der Waals surface area (Å²) < 4.78 is 19.5. The molecule has 2 aromatic heterocycles. The van der Waals surface area contributed by atoms with Crippen LogP contribution in [0.5, 0.6) is 0 Å². The lowest BCUT2D eigenvalue weighted by molar-refractivity contribution is 0.00596. The van der Waals surface area contributed by atoms with Crippen molar-refractivity contribution in [3.8, 4) is 0 Å². The summed E-state index contributed by atoms with van der Waals surface area (Å²) in [6.07, 6.45) is 0.849. The number of halogens is 1. The maximum Gasteiger partial charge on any atom is 0.357 e. The highest BCUT2D eigenvalue weighted by atomic mass is 19.1. The maximum atomic E-state index is 13.5. The number of hydrogen-bond acceptors (Lipinski definition) is 5. The summed E-state index contributed by atoms with van der Waals surface area (Å²) in [5.41, 5.74) is -1.78. The largest absolute Gasteiger partial charge is 0.477 e. The minimum atomic E-state index is -1.38. The van der Waals surface area contributed by atoms with E-state index in [1.54, 1.807) is 20.8 Å². The van der Waals surface area contributed by atoms with Crippen LogP contribution in [0.25, 0.3) is 5.65 Å². The van der Waals surface area contributed by atoms with E-state index in [2.05, 4.69) is 10.1 Å². The number of ether oxygens (including phenoxy) is 1. The molecule has 106 valence electrons. The van der Waals surface area contributed by atoms with E-state index in [0.29, 0.717) is 0 Å². The van der Waals surface area contributed by atoms with Gasteiger partial charge in [-0.25, -0.2) is 23.5 Å². The van der Waals surface area contributed by atoms with Crippen LogP contribution in [-0.4, -0.2) is 37.2 Å². The number of carboxylic acids is 1. The Morgan fingerprint density at radius 2 is 2.05 bits per heavy atom. The first-order chi connectivity index (χ1) is 9.19. The summed E-state index contributed by atoms with van der Waals surface area (Å²) in [6.45, 7) is 4.97. The number of carbonyl (C=O) groups excluding carboxylic acids is 1. The zero-order valence-electron chi connectivity index (χ0n) is 11.0. The molecule has 0 aromatic carbocycles. The molecule has 0 spiro atoms. The molecule has 8 heteroatoms. The summed E-state index contributed by atoms with van der Waals surface area (Å²) in [7, 11) is 0. The first-order valence-electron chi connectivity index (χ1n) is 5.70. The number of rotatable bonds is 2. The van der Waals surface area contributed by atoms with Crippen molar-refractivity contribution in [1.82, 2.24) is 14.6 Å². The molecule has 0 aliphatic heterocycles. The second kappa shape index (κ2) is 4.55. The van der Waals surface area contributed by atoms with Gasteiger partial charge in [-0.3, -0.25) is 0 Å². The lowest BCUT2D eigenvalue weighted by atomic mass is 10.2. The van der Waals surface area contributed by atoms with Gasteiger partial charge in [0.05, 0.1) is 6.20 Å². The monoisotopic (exact) mass is 281 g/mol. The van der Waals surface area contributed by atoms with E-state index >= 15 is 0 Å². The van der Waals surface area contributed by atoms with Crippen molar-refractivity contribution in [2.45, 2.75) is 26.4 Å². The van der Waals surface area contributed by atoms with E-state index in [1.165, 1.54) is 0 Å². The quantitative estimate of drug-likeness (QED) is 0.839. The fourth-order valence-electron chi connectivity index (χ4n) is 1.52. The van der Waals surface area contributed by atoms with Crippen LogP contribution >= 0.6 is 0 Å². The van der Waals surface area contributed by atoms with E-state index in [9.17, 15) is 14.0 Å². The molecule has 0 saturated carbocycles. The minimum absolute atomic E-state index is 0.203. The van der Waals surface area contributed by atoms with E-state index in [-0.39, 0.29) is 11.3 Å². The van der Waals surface area contributed by atoms with Crippen LogP contribution in [0.4, 0.5) is 4.39 Å². The van der Waals surface area contributed by atoms with Gasteiger partial charge in [-0.15, -0.1) is 0 Å². The van der Waals surface area contributed by atoms with Gasteiger partial charge < -0.3 is 9.84 Å². The number of aromatic carboxylic acids is 1. The third kappa shape index (κ3) is 2.58. The Morgan fingerprint density at radius 1 is 1.40 bits per heavy atom. The van der Waals surface area contributed by atoms with Crippen molar-refractivity contribution >= 4 is 17.6 Å². The molecule has 20 heavy (non-hydrogen) atoms. The molecule has 0 atom stereocenters. The number of fused-ring (bicyclic) bond motifs is 1. The van der Waals surface area contributed by atoms with Crippen molar-refractivity contribution < 1.29 is 23.8 Å². The lowest BCUT2D eigenvalue weighted by Crippen LogP contribution is -2.26. The topological polar surface area (TPSA) is 93.8 Å². The average molecular weight is 281 g/mol. The van der Waals surface area contributed by atoms with Gasteiger partial charge in [-0.05, 0) is 20.8 Å². The lowest BCUT2D eigenvalue weighted by Gasteiger charge is -2.19. The van der Waals surface area contributed by atoms with Gasteiger partial charge in [0, 0.05) is 6.07 Å². The predicted octanol–water partition coefficient (Wildman–Crippen LogP) is 1.52. The van der Waals surface area contributed by atoms with Gasteiger partial charge in [-0.1, -0.05) is 0 Å².